The third kappa shape index (κ3) is 3.87. The zero-order chi connectivity index (χ0) is 16.4. The largest absolute Gasteiger partial charge is 0.372 e. The molecule has 1 radical (unpaired) electrons. The van der Waals surface area contributed by atoms with Crippen molar-refractivity contribution in [3.05, 3.63) is 60.7 Å². The molecule has 4 N–H and O–H groups in total. The third-order valence-corrected chi connectivity index (χ3v) is 4.26. The van der Waals surface area contributed by atoms with Gasteiger partial charge >= 0.3 is 0 Å². The van der Waals surface area contributed by atoms with Crippen LogP contribution in [0.5, 0.6) is 0 Å². The second-order valence-corrected chi connectivity index (χ2v) is 5.79. The predicted octanol–water partition coefficient (Wildman–Crippen LogP) is 0.181. The fourth-order valence-electron chi connectivity index (χ4n) is 3.19. The smallest absolute Gasteiger partial charge is 0.238 e. The fraction of sp³-hybridized carbons (Fsp3) is 0.294. The van der Waals surface area contributed by atoms with E-state index in [0.717, 1.165) is 11.4 Å². The Bertz CT molecular complexity index is 632. The molecule has 0 aromatic heterocycles. The second-order valence-electron chi connectivity index (χ2n) is 5.79. The summed E-state index contributed by atoms with van der Waals surface area (Å²) in [6, 6.07) is 10.4. The van der Waals surface area contributed by atoms with E-state index in [0.29, 0.717) is 13.1 Å². The van der Waals surface area contributed by atoms with Crippen molar-refractivity contribution in [1.29, 1.82) is 0 Å². The van der Waals surface area contributed by atoms with Crippen LogP contribution in [0.2, 0.25) is 0 Å². The molecule has 6 nitrogen and oxygen atoms in total. The number of carbonyl (C=O) groups excluding carboxylic acids is 2. The van der Waals surface area contributed by atoms with Crippen molar-refractivity contribution in [2.75, 3.05) is 13.1 Å². The van der Waals surface area contributed by atoms with E-state index in [4.69, 9.17) is 0 Å². The van der Waals surface area contributed by atoms with Gasteiger partial charge in [-0.25, -0.2) is 0 Å². The molecule has 1 aromatic carbocycles. The van der Waals surface area contributed by atoms with Gasteiger partial charge in [-0.3, -0.25) is 9.59 Å². The first-order valence-corrected chi connectivity index (χ1v) is 7.49. The number of hydrogen-bond donors (Lipinski definition) is 4. The topological polar surface area (TPSA) is 82.3 Å². The summed E-state index contributed by atoms with van der Waals surface area (Å²) in [5, 5.41) is 11.6. The Labute approximate surface area is 166 Å². The van der Waals surface area contributed by atoms with Gasteiger partial charge in [0.25, 0.3) is 0 Å². The first-order chi connectivity index (χ1) is 11.1. The van der Waals surface area contributed by atoms with Gasteiger partial charge < -0.3 is 21.3 Å². The average Bonchev–Trinajstić information content (AvgIpc) is 2.53. The minimum Gasteiger partial charge on any atom is -0.372 e. The van der Waals surface area contributed by atoms with E-state index < -0.39 is 5.92 Å². The fourth-order valence-corrected chi connectivity index (χ4v) is 3.19. The maximum Gasteiger partial charge on any atom is 0.238 e. The van der Waals surface area contributed by atoms with Crippen LogP contribution >= 0.6 is 0 Å². The first kappa shape index (κ1) is 18.7. The van der Waals surface area contributed by atoms with E-state index in [9.17, 15) is 9.59 Å². The molecule has 2 heterocycles. The molecule has 2 saturated heterocycles. The van der Waals surface area contributed by atoms with E-state index in [1.54, 1.807) is 12.1 Å². The van der Waals surface area contributed by atoms with Gasteiger partial charge in [0.05, 0.1) is 5.82 Å². The minimum absolute atomic E-state index is 0. The van der Waals surface area contributed by atoms with Crippen LogP contribution in [0.4, 0.5) is 0 Å². The van der Waals surface area contributed by atoms with Crippen molar-refractivity contribution in [2.24, 2.45) is 11.8 Å². The molecule has 0 saturated carbocycles. The van der Waals surface area contributed by atoms with Crippen LogP contribution in [0, 0.1) is 17.9 Å². The molecule has 2 fully saturated rings. The maximum absolute atomic E-state index is 12.4. The zero-order valence-corrected chi connectivity index (χ0v) is 16.1. The summed E-state index contributed by atoms with van der Waals surface area (Å²) in [5.74, 6) is -0.650. The van der Waals surface area contributed by atoms with E-state index in [-0.39, 0.29) is 62.2 Å². The molecular formula is C17H19N4O2Y-. The molecule has 123 valence electrons. The average molecular weight is 400 g/mol. The standard InChI is InChI=1S/C17H19N4O2.Y/c1-10-18-8-13(9-19-10)14(12-6-4-3-5-7-12)15-16(22)20-11(2)21-17(15)23;/h4-7,13-15,18-19H,1-2,8-9H2,(H,20,22)(H,21,23);/q-1;. The molecule has 0 spiro atoms. The van der Waals surface area contributed by atoms with Gasteiger partial charge in [0, 0.05) is 45.8 Å². The van der Waals surface area contributed by atoms with Crippen LogP contribution in [0.1, 0.15) is 11.5 Å². The Hall–Kier alpha value is -1.66. The summed E-state index contributed by atoms with van der Waals surface area (Å²) in [5.41, 5.74) is 0.938. The molecule has 1 atom stereocenters. The predicted molar refractivity (Wildman–Crippen MR) is 85.6 cm³/mol. The van der Waals surface area contributed by atoms with Gasteiger partial charge in [0.2, 0.25) is 11.8 Å². The molecule has 2 aliphatic heterocycles. The van der Waals surface area contributed by atoms with E-state index >= 15 is 0 Å². The molecule has 2 aliphatic rings. The first-order valence-electron chi connectivity index (χ1n) is 7.49. The van der Waals surface area contributed by atoms with Gasteiger partial charge in [-0.2, -0.15) is 35.9 Å². The van der Waals surface area contributed by atoms with E-state index in [1.165, 1.54) is 0 Å². The Morgan fingerprint density at radius 2 is 1.54 bits per heavy atom. The quantitative estimate of drug-likeness (QED) is 0.431. The third-order valence-electron chi connectivity index (χ3n) is 4.26. The normalized spacial score (nSPS) is 20.2. The van der Waals surface area contributed by atoms with Crippen LogP contribution in [-0.4, -0.2) is 24.9 Å². The molecule has 2 amide bonds. The summed E-state index contributed by atoms with van der Waals surface area (Å²) in [6.45, 7) is 8.73. The summed E-state index contributed by atoms with van der Waals surface area (Å²) in [6.07, 6.45) is 0. The summed E-state index contributed by atoms with van der Waals surface area (Å²) in [4.78, 5) is 24.9. The van der Waals surface area contributed by atoms with Crippen molar-refractivity contribution in [3.8, 4) is 0 Å². The molecule has 7 heteroatoms. The molecule has 0 bridgehead atoms. The molecular weight excluding hydrogens is 381 g/mol. The number of rotatable bonds is 3. The van der Waals surface area contributed by atoms with Gasteiger partial charge in [-0.1, -0.05) is 13.2 Å². The number of benzene rings is 1. The van der Waals surface area contributed by atoms with Crippen molar-refractivity contribution >= 4 is 11.8 Å². The summed E-state index contributed by atoms with van der Waals surface area (Å²) in [7, 11) is 0. The van der Waals surface area contributed by atoms with Gasteiger partial charge in [-0.05, 0) is 11.8 Å². The molecule has 1 aromatic rings. The maximum atomic E-state index is 12.4. The number of carbonyl (C=O) groups is 2. The molecule has 1 unspecified atom stereocenters. The Kier molecular flexibility index (Phi) is 6.18. The van der Waals surface area contributed by atoms with E-state index in [2.05, 4.69) is 40.5 Å². The zero-order valence-electron chi connectivity index (χ0n) is 13.3. The van der Waals surface area contributed by atoms with Crippen LogP contribution in [0.3, 0.4) is 0 Å². The van der Waals surface area contributed by atoms with Gasteiger partial charge in [0.1, 0.15) is 11.7 Å². The van der Waals surface area contributed by atoms with Gasteiger partial charge in [0.15, 0.2) is 0 Å². The number of hydrogen-bond acceptors (Lipinski definition) is 4. The SMILES string of the molecule is C=C1NCC(C(c2cc[c-]cc2)C2C(=O)NC(=C)NC2=O)CN1.[Y]. The Morgan fingerprint density at radius 1 is 1.00 bits per heavy atom. The minimum atomic E-state index is -0.803. The number of nitrogens with one attached hydrogen (secondary N) is 4. The van der Waals surface area contributed by atoms with Crippen LogP contribution in [0.15, 0.2) is 49.1 Å². The van der Waals surface area contributed by atoms with Crippen LogP contribution in [0.25, 0.3) is 0 Å². The molecule has 0 aliphatic carbocycles. The Morgan fingerprint density at radius 3 is 2.08 bits per heavy atom. The summed E-state index contributed by atoms with van der Waals surface area (Å²) >= 11 is 0. The Balaban J connectivity index is 0.00000208. The molecule has 3 rings (SSSR count). The second kappa shape index (κ2) is 7.95. The van der Waals surface area contributed by atoms with E-state index in [1.807, 2.05) is 12.1 Å². The number of amides is 2. The monoisotopic (exact) mass is 400 g/mol. The van der Waals surface area contributed by atoms with Crippen LogP contribution in [-0.2, 0) is 42.3 Å². The molecule has 24 heavy (non-hydrogen) atoms. The van der Waals surface area contributed by atoms with Crippen molar-refractivity contribution in [1.82, 2.24) is 21.3 Å². The van der Waals surface area contributed by atoms with Crippen LogP contribution < -0.4 is 21.3 Å². The van der Waals surface area contributed by atoms with Crippen molar-refractivity contribution in [2.45, 2.75) is 5.92 Å². The van der Waals surface area contributed by atoms with Gasteiger partial charge in [-0.15, -0.1) is 0 Å². The summed E-state index contributed by atoms with van der Waals surface area (Å²) < 4.78 is 0. The van der Waals surface area contributed by atoms with Crippen molar-refractivity contribution < 1.29 is 42.3 Å². The van der Waals surface area contributed by atoms with Crippen molar-refractivity contribution in [3.63, 3.8) is 0 Å².